The van der Waals surface area contributed by atoms with E-state index in [1.165, 1.54) is 0 Å². The highest BCUT2D eigenvalue weighted by Gasteiger charge is 2.20. The third-order valence-electron chi connectivity index (χ3n) is 2.29. The second-order valence-corrected chi connectivity index (χ2v) is 3.67. The largest absolute Gasteiger partial charge is 0.293 e. The average molecular weight is 209 g/mol. The van der Waals surface area contributed by atoms with E-state index in [1.807, 2.05) is 49.2 Å². The molecule has 0 aromatic heterocycles. The van der Waals surface area contributed by atoms with Crippen LogP contribution < -0.4 is 0 Å². The van der Waals surface area contributed by atoms with Gasteiger partial charge in [-0.3, -0.25) is 9.69 Å². The summed E-state index contributed by atoms with van der Waals surface area (Å²) in [6.45, 7) is 2.85. The highest BCUT2D eigenvalue weighted by Crippen LogP contribution is 2.21. The first kappa shape index (κ1) is 11.3. The van der Waals surface area contributed by atoms with Crippen LogP contribution in [0, 0.1) is 0 Å². The molecule has 2 nitrogen and oxygen atoms in total. The number of hydrogen-bond donors (Lipinski definition) is 1. The molecule has 0 aliphatic heterocycles. The Morgan fingerprint density at radius 1 is 1.43 bits per heavy atom. The number of hydrogen-bond acceptors (Lipinski definition) is 2. The van der Waals surface area contributed by atoms with Crippen LogP contribution in [0.25, 0.3) is 0 Å². The lowest BCUT2D eigenvalue weighted by molar-refractivity contribution is -0.115. The minimum atomic E-state index is -0.232. The van der Waals surface area contributed by atoms with Crippen LogP contribution in [0.15, 0.2) is 30.3 Å². The Labute approximate surface area is 90.3 Å². The van der Waals surface area contributed by atoms with Gasteiger partial charge in [-0.05, 0) is 19.2 Å². The van der Waals surface area contributed by atoms with E-state index in [-0.39, 0.29) is 11.2 Å². The molecular formula is C11H15NOS. The van der Waals surface area contributed by atoms with Crippen molar-refractivity contribution in [1.29, 1.82) is 0 Å². The van der Waals surface area contributed by atoms with Gasteiger partial charge in [0.05, 0.1) is 0 Å². The zero-order chi connectivity index (χ0) is 10.6. The third-order valence-corrected chi connectivity index (χ3v) is 2.53. The van der Waals surface area contributed by atoms with Gasteiger partial charge in [-0.2, -0.15) is 0 Å². The molecule has 0 saturated carbocycles. The van der Waals surface area contributed by atoms with Crippen molar-refractivity contribution in [3.8, 4) is 0 Å². The minimum Gasteiger partial charge on any atom is -0.293 e. The van der Waals surface area contributed by atoms with Gasteiger partial charge >= 0.3 is 0 Å². The lowest BCUT2D eigenvalue weighted by Crippen LogP contribution is -2.28. The summed E-state index contributed by atoms with van der Waals surface area (Å²) < 4.78 is 0. The van der Waals surface area contributed by atoms with E-state index in [2.05, 4.69) is 12.6 Å². The fourth-order valence-electron chi connectivity index (χ4n) is 1.40. The van der Waals surface area contributed by atoms with Crippen LogP contribution in [-0.2, 0) is 4.79 Å². The van der Waals surface area contributed by atoms with Crippen LogP contribution in [-0.4, -0.2) is 23.6 Å². The molecule has 1 aromatic carbocycles. The summed E-state index contributed by atoms with van der Waals surface area (Å²) in [5.41, 5.74) is 0.997. The van der Waals surface area contributed by atoms with Crippen molar-refractivity contribution in [3.63, 3.8) is 0 Å². The van der Waals surface area contributed by atoms with Crippen molar-refractivity contribution in [1.82, 2.24) is 4.90 Å². The number of thiol groups is 1. The van der Waals surface area contributed by atoms with Gasteiger partial charge in [0.2, 0.25) is 5.12 Å². The van der Waals surface area contributed by atoms with Gasteiger partial charge in [0, 0.05) is 0 Å². The van der Waals surface area contributed by atoms with Gasteiger partial charge in [-0.25, -0.2) is 0 Å². The summed E-state index contributed by atoms with van der Waals surface area (Å²) in [4.78, 5) is 13.3. The van der Waals surface area contributed by atoms with Crippen LogP contribution in [0.2, 0.25) is 0 Å². The maximum absolute atomic E-state index is 11.4. The highest BCUT2D eigenvalue weighted by atomic mass is 32.1. The predicted molar refractivity (Wildman–Crippen MR) is 61.5 cm³/mol. The number of carbonyl (C=O) groups is 1. The smallest absolute Gasteiger partial charge is 0.207 e. The molecule has 1 rings (SSSR count). The van der Waals surface area contributed by atoms with E-state index in [9.17, 15) is 4.79 Å². The highest BCUT2D eigenvalue weighted by molar-refractivity contribution is 7.96. The molecular weight excluding hydrogens is 194 g/mol. The molecule has 1 atom stereocenters. The van der Waals surface area contributed by atoms with Crippen LogP contribution in [0.5, 0.6) is 0 Å². The molecule has 1 aromatic rings. The number of rotatable bonds is 4. The van der Waals surface area contributed by atoms with Crippen molar-refractivity contribution in [3.05, 3.63) is 35.9 Å². The molecule has 76 valence electrons. The molecule has 0 spiro atoms. The minimum absolute atomic E-state index is 0.111. The predicted octanol–water partition coefficient (Wildman–Crippen LogP) is 2.14. The van der Waals surface area contributed by atoms with E-state index in [1.54, 1.807) is 0 Å². The van der Waals surface area contributed by atoms with Crippen molar-refractivity contribution in [2.45, 2.75) is 13.0 Å². The first-order chi connectivity index (χ1) is 6.66. The Bertz CT molecular complexity index is 299. The summed E-state index contributed by atoms with van der Waals surface area (Å²) >= 11 is 3.92. The van der Waals surface area contributed by atoms with Crippen LogP contribution in [0.3, 0.4) is 0 Å². The van der Waals surface area contributed by atoms with Gasteiger partial charge in [0.15, 0.2) is 0 Å². The molecule has 0 N–H and O–H groups in total. The molecule has 0 saturated heterocycles. The molecule has 3 heteroatoms. The Balaban J connectivity index is 2.95. The van der Waals surface area contributed by atoms with Gasteiger partial charge in [0.25, 0.3) is 0 Å². The molecule has 0 radical (unpaired) electrons. The Morgan fingerprint density at radius 3 is 2.43 bits per heavy atom. The second kappa shape index (κ2) is 5.17. The summed E-state index contributed by atoms with van der Waals surface area (Å²) in [6, 6.07) is 9.47. The lowest BCUT2D eigenvalue weighted by atomic mass is 10.1. The monoisotopic (exact) mass is 209 g/mol. The van der Waals surface area contributed by atoms with Gasteiger partial charge in [-0.15, -0.1) is 12.6 Å². The van der Waals surface area contributed by atoms with Gasteiger partial charge < -0.3 is 0 Å². The zero-order valence-corrected chi connectivity index (χ0v) is 9.37. The standard InChI is InChI=1S/C11H15NOS/c1-3-12(2)10(11(13)14)9-7-5-4-6-8-9/h4-8,10H,3H2,1-2H3,(H,13,14). The Hall–Kier alpha value is -0.800. The van der Waals surface area contributed by atoms with E-state index >= 15 is 0 Å². The summed E-state index contributed by atoms with van der Waals surface area (Å²) in [7, 11) is 1.92. The Kier molecular flexibility index (Phi) is 4.17. The van der Waals surface area contributed by atoms with Crippen LogP contribution >= 0.6 is 12.6 Å². The van der Waals surface area contributed by atoms with Crippen molar-refractivity contribution in [2.75, 3.05) is 13.6 Å². The van der Waals surface area contributed by atoms with Gasteiger partial charge in [-0.1, -0.05) is 37.3 Å². The van der Waals surface area contributed by atoms with E-state index < -0.39 is 0 Å². The molecule has 1 unspecified atom stereocenters. The van der Waals surface area contributed by atoms with E-state index in [0.29, 0.717) is 0 Å². The average Bonchev–Trinajstić information content (AvgIpc) is 2.19. The van der Waals surface area contributed by atoms with Crippen molar-refractivity contribution < 1.29 is 4.79 Å². The number of benzene rings is 1. The summed E-state index contributed by atoms with van der Waals surface area (Å²) in [5, 5.41) is -0.111. The zero-order valence-electron chi connectivity index (χ0n) is 8.47. The number of carbonyl (C=O) groups excluding carboxylic acids is 1. The quantitative estimate of drug-likeness (QED) is 0.767. The SMILES string of the molecule is CCN(C)C(C(=O)S)c1ccccc1. The van der Waals surface area contributed by atoms with Crippen molar-refractivity contribution >= 4 is 17.7 Å². The van der Waals surface area contributed by atoms with Crippen LogP contribution in [0.4, 0.5) is 0 Å². The molecule has 0 heterocycles. The first-order valence-corrected chi connectivity index (χ1v) is 5.09. The van der Waals surface area contributed by atoms with E-state index in [4.69, 9.17) is 0 Å². The fourth-order valence-corrected chi connectivity index (χ4v) is 1.75. The molecule has 0 amide bonds. The van der Waals surface area contributed by atoms with Gasteiger partial charge in [0.1, 0.15) is 6.04 Å². The molecule has 0 bridgehead atoms. The summed E-state index contributed by atoms with van der Waals surface area (Å²) in [6.07, 6.45) is 0. The normalized spacial score (nSPS) is 12.9. The number of likely N-dealkylation sites (N-methyl/N-ethyl adjacent to an activating group) is 1. The first-order valence-electron chi connectivity index (χ1n) is 4.64. The molecule has 0 aliphatic rings. The van der Waals surface area contributed by atoms with Crippen molar-refractivity contribution in [2.24, 2.45) is 0 Å². The van der Waals surface area contributed by atoms with Crippen LogP contribution in [0.1, 0.15) is 18.5 Å². The maximum Gasteiger partial charge on any atom is 0.207 e. The topological polar surface area (TPSA) is 20.3 Å². The second-order valence-electron chi connectivity index (χ2n) is 3.22. The number of nitrogens with zero attached hydrogens (tertiary/aromatic N) is 1. The third kappa shape index (κ3) is 2.59. The molecule has 0 aliphatic carbocycles. The molecule has 14 heavy (non-hydrogen) atoms. The maximum atomic E-state index is 11.4. The van der Waals surface area contributed by atoms with E-state index in [0.717, 1.165) is 12.1 Å². The lowest BCUT2D eigenvalue weighted by Gasteiger charge is -2.24. The fraction of sp³-hybridized carbons (Fsp3) is 0.364. The summed E-state index contributed by atoms with van der Waals surface area (Å²) in [5.74, 6) is 0. The Morgan fingerprint density at radius 2 is 2.00 bits per heavy atom. The molecule has 0 fully saturated rings.